The van der Waals surface area contributed by atoms with Crippen molar-refractivity contribution in [3.8, 4) is 0 Å². The van der Waals surface area contributed by atoms with Crippen LogP contribution in [-0.2, 0) is 10.2 Å². The van der Waals surface area contributed by atoms with Crippen molar-refractivity contribution >= 4 is 27.7 Å². The number of nitrogens with one attached hydrogen (secondary N) is 2. The van der Waals surface area contributed by atoms with Crippen LogP contribution in [0, 0.1) is 6.92 Å². The van der Waals surface area contributed by atoms with Crippen LogP contribution in [0.25, 0.3) is 0 Å². The van der Waals surface area contributed by atoms with Crippen molar-refractivity contribution in [3.05, 3.63) is 108 Å². The molecule has 2 atom stereocenters. The fourth-order valence-corrected chi connectivity index (χ4v) is 4.06. The molecule has 0 aliphatic heterocycles. The Morgan fingerprint density at radius 1 is 0.912 bits per heavy atom. The Bertz CT molecular complexity index is 1370. The van der Waals surface area contributed by atoms with Gasteiger partial charge >= 0.3 is 10.2 Å². The van der Waals surface area contributed by atoms with Crippen molar-refractivity contribution in [1.29, 1.82) is 0 Å². The summed E-state index contributed by atoms with van der Waals surface area (Å²) in [4.78, 5) is 8.54. The van der Waals surface area contributed by atoms with Crippen LogP contribution in [-0.4, -0.2) is 18.4 Å². The Morgan fingerprint density at radius 3 is 2.21 bits per heavy atom. The van der Waals surface area contributed by atoms with E-state index in [1.807, 2.05) is 67.6 Å². The van der Waals surface area contributed by atoms with Gasteiger partial charge in [0.15, 0.2) is 0 Å². The summed E-state index contributed by atoms with van der Waals surface area (Å²) in [5, 5.41) is 6.39. The van der Waals surface area contributed by atoms with Crippen LogP contribution < -0.4 is 16.4 Å². The zero-order chi connectivity index (χ0) is 24.1. The number of hydrogen-bond acceptors (Lipinski definition) is 7. The number of aryl methyl sites for hydroxylation is 1. The van der Waals surface area contributed by atoms with Crippen molar-refractivity contribution in [2.45, 2.75) is 23.9 Å². The highest BCUT2D eigenvalue weighted by Gasteiger charge is 2.22. The minimum absolute atomic E-state index is 0.320. The summed E-state index contributed by atoms with van der Waals surface area (Å²) in [6.45, 7) is 1.81. The van der Waals surface area contributed by atoms with Crippen molar-refractivity contribution < 1.29 is 12.3 Å². The molecule has 0 spiro atoms. The lowest BCUT2D eigenvalue weighted by atomic mass is 9.94. The standard InChI is InChI=1S/C25H24FN5O2S/c1-17-16-28-25(31-24(17)29-20-13-8-14-21(15-20)34(26,32)33)30-23(19-11-6-3-7-12-19)22(27)18-9-4-2-5-10-18/h2-16,22-23H,27H2,1H3,(H2,28,29,30,31)/t22-,23-/m1/s1. The lowest BCUT2D eigenvalue weighted by Crippen LogP contribution is -2.27. The fourth-order valence-electron chi connectivity index (χ4n) is 3.55. The Hall–Kier alpha value is -3.82. The average molecular weight is 478 g/mol. The third kappa shape index (κ3) is 5.56. The summed E-state index contributed by atoms with van der Waals surface area (Å²) in [6, 6.07) is 24.3. The molecule has 174 valence electrons. The van der Waals surface area contributed by atoms with Crippen LogP contribution in [0.15, 0.2) is 96.0 Å². The summed E-state index contributed by atoms with van der Waals surface area (Å²) in [5.74, 6) is 0.786. The molecule has 0 saturated carbocycles. The van der Waals surface area contributed by atoms with Crippen LogP contribution >= 0.6 is 0 Å². The summed E-state index contributed by atoms with van der Waals surface area (Å²) < 4.78 is 35.9. The van der Waals surface area contributed by atoms with E-state index in [1.165, 1.54) is 18.2 Å². The van der Waals surface area contributed by atoms with Gasteiger partial charge in [-0.25, -0.2) is 4.98 Å². The normalized spacial score (nSPS) is 13.1. The molecule has 1 heterocycles. The average Bonchev–Trinajstić information content (AvgIpc) is 2.85. The number of aromatic nitrogens is 2. The second-order valence-corrected chi connectivity index (χ2v) is 9.13. The van der Waals surface area contributed by atoms with Crippen molar-refractivity contribution in [2.75, 3.05) is 10.6 Å². The molecule has 0 bridgehead atoms. The smallest absolute Gasteiger partial charge is 0.332 e. The van der Waals surface area contributed by atoms with E-state index in [-0.39, 0.29) is 12.1 Å². The van der Waals surface area contributed by atoms with Crippen molar-refractivity contribution in [1.82, 2.24) is 9.97 Å². The van der Waals surface area contributed by atoms with Crippen LogP contribution in [0.5, 0.6) is 0 Å². The number of anilines is 3. The van der Waals surface area contributed by atoms with E-state index in [4.69, 9.17) is 5.73 Å². The summed E-state index contributed by atoms with van der Waals surface area (Å²) >= 11 is 0. The first kappa shape index (κ1) is 23.3. The first-order valence-electron chi connectivity index (χ1n) is 10.6. The molecule has 0 aliphatic rings. The van der Waals surface area contributed by atoms with Crippen LogP contribution in [0.4, 0.5) is 21.3 Å². The van der Waals surface area contributed by atoms with Crippen molar-refractivity contribution in [3.63, 3.8) is 0 Å². The van der Waals surface area contributed by atoms with Gasteiger partial charge in [-0.3, -0.25) is 0 Å². The molecule has 34 heavy (non-hydrogen) atoms. The molecule has 7 nitrogen and oxygen atoms in total. The highest BCUT2D eigenvalue weighted by molar-refractivity contribution is 7.86. The maximum atomic E-state index is 13.4. The van der Waals surface area contributed by atoms with Gasteiger partial charge in [-0.05, 0) is 36.2 Å². The number of benzene rings is 3. The summed E-state index contributed by atoms with van der Waals surface area (Å²) in [7, 11) is -4.82. The van der Waals surface area contributed by atoms with Gasteiger partial charge in [0, 0.05) is 17.4 Å². The maximum Gasteiger partial charge on any atom is 0.332 e. The lowest BCUT2D eigenvalue weighted by Gasteiger charge is -2.26. The zero-order valence-corrected chi connectivity index (χ0v) is 19.2. The Labute approximate surface area is 198 Å². The second kappa shape index (κ2) is 9.98. The van der Waals surface area contributed by atoms with E-state index >= 15 is 0 Å². The predicted molar refractivity (Wildman–Crippen MR) is 131 cm³/mol. The molecule has 0 aliphatic carbocycles. The number of nitrogens with two attached hydrogens (primary N) is 1. The quantitative estimate of drug-likeness (QED) is 0.305. The third-order valence-corrected chi connectivity index (χ3v) is 6.15. The molecule has 4 rings (SSSR count). The van der Waals surface area contributed by atoms with E-state index < -0.39 is 15.1 Å². The minimum atomic E-state index is -4.82. The minimum Gasteiger partial charge on any atom is -0.345 e. The van der Waals surface area contributed by atoms with E-state index in [9.17, 15) is 12.3 Å². The first-order chi connectivity index (χ1) is 16.3. The molecule has 4 N–H and O–H groups in total. The predicted octanol–water partition coefficient (Wildman–Crippen LogP) is 5.04. The van der Waals surface area contributed by atoms with Crippen LogP contribution in [0.1, 0.15) is 28.8 Å². The first-order valence-corrected chi connectivity index (χ1v) is 12.0. The maximum absolute atomic E-state index is 13.4. The Kier molecular flexibility index (Phi) is 6.85. The number of rotatable bonds is 8. The summed E-state index contributed by atoms with van der Waals surface area (Å²) in [6.07, 6.45) is 1.64. The van der Waals surface area contributed by atoms with E-state index in [1.54, 1.807) is 12.3 Å². The van der Waals surface area contributed by atoms with Crippen LogP contribution in [0.2, 0.25) is 0 Å². The lowest BCUT2D eigenvalue weighted by molar-refractivity contribution is 0.552. The molecular formula is C25H24FN5O2S. The van der Waals surface area contributed by atoms with Gasteiger partial charge in [0.2, 0.25) is 5.95 Å². The second-order valence-electron chi connectivity index (χ2n) is 7.79. The van der Waals surface area contributed by atoms with Crippen molar-refractivity contribution in [2.24, 2.45) is 5.73 Å². The monoisotopic (exact) mass is 477 g/mol. The zero-order valence-electron chi connectivity index (χ0n) is 18.4. The molecule has 0 saturated heterocycles. The van der Waals surface area contributed by atoms with Gasteiger partial charge < -0.3 is 16.4 Å². The largest absolute Gasteiger partial charge is 0.345 e. The molecule has 3 aromatic carbocycles. The highest BCUT2D eigenvalue weighted by Crippen LogP contribution is 2.30. The van der Waals surface area contributed by atoms with E-state index in [2.05, 4.69) is 20.6 Å². The molecule has 1 aromatic heterocycles. The van der Waals surface area contributed by atoms with Gasteiger partial charge in [-0.1, -0.05) is 66.7 Å². The van der Waals surface area contributed by atoms with Gasteiger partial charge in [-0.2, -0.15) is 13.4 Å². The van der Waals surface area contributed by atoms with Gasteiger partial charge in [-0.15, -0.1) is 3.89 Å². The molecule has 0 amide bonds. The molecular weight excluding hydrogens is 453 g/mol. The Balaban J connectivity index is 1.64. The van der Waals surface area contributed by atoms with Crippen LogP contribution in [0.3, 0.4) is 0 Å². The molecule has 0 radical (unpaired) electrons. The number of halogens is 1. The topological polar surface area (TPSA) is 110 Å². The van der Waals surface area contributed by atoms with E-state index in [0.717, 1.165) is 16.7 Å². The van der Waals surface area contributed by atoms with Gasteiger partial charge in [0.25, 0.3) is 0 Å². The van der Waals surface area contributed by atoms with Gasteiger partial charge in [0.1, 0.15) is 10.7 Å². The molecule has 0 unspecified atom stereocenters. The Morgan fingerprint density at radius 2 is 1.56 bits per heavy atom. The molecule has 4 aromatic rings. The van der Waals surface area contributed by atoms with Gasteiger partial charge in [0.05, 0.1) is 12.1 Å². The SMILES string of the molecule is Cc1cnc(N[C@H](c2ccccc2)[C@H](N)c2ccccc2)nc1Nc1cccc(S(=O)(=O)F)c1. The fraction of sp³-hybridized carbons (Fsp3) is 0.120. The number of nitrogens with zero attached hydrogens (tertiary/aromatic N) is 2. The summed E-state index contributed by atoms with van der Waals surface area (Å²) in [5.41, 5.74) is 9.68. The third-order valence-electron chi connectivity index (χ3n) is 5.34. The number of hydrogen-bond donors (Lipinski definition) is 3. The molecule has 9 heteroatoms. The highest BCUT2D eigenvalue weighted by atomic mass is 32.3. The molecule has 0 fully saturated rings. The van der Waals surface area contributed by atoms with E-state index in [0.29, 0.717) is 17.5 Å².